The zero-order valence-electron chi connectivity index (χ0n) is 11.6. The summed E-state index contributed by atoms with van der Waals surface area (Å²) in [5, 5.41) is 10.5. The van der Waals surface area contributed by atoms with Crippen molar-refractivity contribution in [2.75, 3.05) is 19.0 Å². The van der Waals surface area contributed by atoms with Gasteiger partial charge < -0.3 is 10.1 Å². The van der Waals surface area contributed by atoms with E-state index < -0.39 is 0 Å². The Balaban J connectivity index is 2.15. The van der Waals surface area contributed by atoms with E-state index in [1.54, 1.807) is 7.11 Å². The molecule has 0 radical (unpaired) electrons. The average Bonchev–Trinajstić information content (AvgIpc) is 2.85. The van der Waals surface area contributed by atoms with Gasteiger partial charge in [0.25, 0.3) is 0 Å². The molecule has 0 aliphatic carbocycles. The Bertz CT molecular complexity index is 524. The van der Waals surface area contributed by atoms with E-state index >= 15 is 0 Å². The van der Waals surface area contributed by atoms with Gasteiger partial charge in [0, 0.05) is 24.4 Å². The van der Waals surface area contributed by atoms with Crippen LogP contribution in [-0.2, 0) is 4.74 Å². The van der Waals surface area contributed by atoms with Gasteiger partial charge in [0.05, 0.1) is 6.61 Å². The summed E-state index contributed by atoms with van der Waals surface area (Å²) in [5.74, 6) is 1.54. The summed E-state index contributed by atoms with van der Waals surface area (Å²) in [6.07, 6.45) is 1.01. The molecule has 0 saturated carbocycles. The van der Waals surface area contributed by atoms with Crippen LogP contribution in [0.1, 0.15) is 19.2 Å². The van der Waals surface area contributed by atoms with Gasteiger partial charge >= 0.3 is 0 Å². The van der Waals surface area contributed by atoms with Crippen molar-refractivity contribution in [3.63, 3.8) is 0 Å². The van der Waals surface area contributed by atoms with E-state index in [2.05, 4.69) is 33.5 Å². The standard InChI is InChI=1S/C14H20N4O/c1-4-12(9-19-3)16-13-7-5-6-11(8-13)14-15-10(2)17-18-14/h5-8,12,16H,4,9H2,1-3H3,(H,15,17,18). The minimum absolute atomic E-state index is 0.314. The highest BCUT2D eigenvalue weighted by Crippen LogP contribution is 2.20. The van der Waals surface area contributed by atoms with Crippen LogP contribution < -0.4 is 5.32 Å². The van der Waals surface area contributed by atoms with Gasteiger partial charge in [-0.05, 0) is 25.5 Å². The molecule has 1 unspecified atom stereocenters. The fourth-order valence-corrected chi connectivity index (χ4v) is 1.92. The predicted molar refractivity (Wildman–Crippen MR) is 76.1 cm³/mol. The summed E-state index contributed by atoms with van der Waals surface area (Å²) in [7, 11) is 1.72. The van der Waals surface area contributed by atoms with E-state index in [9.17, 15) is 0 Å². The lowest BCUT2D eigenvalue weighted by molar-refractivity contribution is 0.184. The number of rotatable bonds is 6. The van der Waals surface area contributed by atoms with Crippen molar-refractivity contribution >= 4 is 5.69 Å². The lowest BCUT2D eigenvalue weighted by atomic mass is 10.1. The SMILES string of the molecule is CCC(COC)Nc1cccc(-c2n[nH]c(C)n2)c1. The van der Waals surface area contributed by atoms with Gasteiger partial charge in [-0.25, -0.2) is 4.98 Å². The second-order valence-electron chi connectivity index (χ2n) is 4.53. The van der Waals surface area contributed by atoms with Gasteiger partial charge in [-0.15, -0.1) is 0 Å². The number of aromatic amines is 1. The topological polar surface area (TPSA) is 62.8 Å². The van der Waals surface area contributed by atoms with E-state index in [4.69, 9.17) is 4.74 Å². The molecule has 0 aliphatic heterocycles. The van der Waals surface area contributed by atoms with Gasteiger partial charge in [0.1, 0.15) is 5.82 Å². The quantitative estimate of drug-likeness (QED) is 0.838. The van der Waals surface area contributed by atoms with Crippen LogP contribution in [0.5, 0.6) is 0 Å². The highest BCUT2D eigenvalue weighted by atomic mass is 16.5. The van der Waals surface area contributed by atoms with Crippen LogP contribution in [0.4, 0.5) is 5.69 Å². The fraction of sp³-hybridized carbons (Fsp3) is 0.429. The normalized spacial score (nSPS) is 12.4. The predicted octanol–water partition coefficient (Wildman–Crippen LogP) is 2.62. The molecule has 2 rings (SSSR count). The molecular weight excluding hydrogens is 240 g/mol. The van der Waals surface area contributed by atoms with Gasteiger partial charge in [-0.3, -0.25) is 5.10 Å². The lowest BCUT2D eigenvalue weighted by Crippen LogP contribution is -2.23. The van der Waals surface area contributed by atoms with Gasteiger partial charge in [0.2, 0.25) is 0 Å². The molecule has 2 aromatic rings. The van der Waals surface area contributed by atoms with Crippen LogP contribution in [0, 0.1) is 6.92 Å². The first-order valence-corrected chi connectivity index (χ1v) is 6.47. The Morgan fingerprint density at radius 3 is 2.89 bits per heavy atom. The first-order chi connectivity index (χ1) is 9.22. The number of nitrogens with zero attached hydrogens (tertiary/aromatic N) is 2. The number of benzene rings is 1. The van der Waals surface area contributed by atoms with Crippen molar-refractivity contribution in [2.24, 2.45) is 0 Å². The first-order valence-electron chi connectivity index (χ1n) is 6.47. The van der Waals surface area contributed by atoms with Crippen LogP contribution in [-0.4, -0.2) is 34.9 Å². The number of aryl methyl sites for hydroxylation is 1. The minimum Gasteiger partial charge on any atom is -0.383 e. The van der Waals surface area contributed by atoms with Gasteiger partial charge in [-0.2, -0.15) is 5.10 Å². The van der Waals surface area contributed by atoms with Crippen molar-refractivity contribution in [1.29, 1.82) is 0 Å². The Labute approximate surface area is 113 Å². The molecule has 2 N–H and O–H groups in total. The number of H-pyrrole nitrogens is 1. The second kappa shape index (κ2) is 6.33. The molecule has 0 aliphatic rings. The van der Waals surface area contributed by atoms with Crippen LogP contribution in [0.2, 0.25) is 0 Å². The molecule has 1 aromatic carbocycles. The van der Waals surface area contributed by atoms with Crippen molar-refractivity contribution in [3.05, 3.63) is 30.1 Å². The lowest BCUT2D eigenvalue weighted by Gasteiger charge is -2.17. The number of methoxy groups -OCH3 is 1. The van der Waals surface area contributed by atoms with Crippen LogP contribution in [0.3, 0.4) is 0 Å². The Morgan fingerprint density at radius 2 is 2.26 bits per heavy atom. The maximum Gasteiger partial charge on any atom is 0.181 e. The Morgan fingerprint density at radius 1 is 1.42 bits per heavy atom. The zero-order chi connectivity index (χ0) is 13.7. The smallest absolute Gasteiger partial charge is 0.181 e. The molecule has 102 valence electrons. The van der Waals surface area contributed by atoms with Gasteiger partial charge in [-0.1, -0.05) is 19.1 Å². The summed E-state index contributed by atoms with van der Waals surface area (Å²) < 4.78 is 5.19. The molecular formula is C14H20N4O. The van der Waals surface area contributed by atoms with Crippen LogP contribution >= 0.6 is 0 Å². The number of hydrogen-bond acceptors (Lipinski definition) is 4. The highest BCUT2D eigenvalue weighted by Gasteiger charge is 2.08. The molecule has 0 fully saturated rings. The first kappa shape index (κ1) is 13.5. The number of ether oxygens (including phenoxy) is 1. The molecule has 1 aromatic heterocycles. The molecule has 0 bridgehead atoms. The molecule has 0 amide bonds. The largest absolute Gasteiger partial charge is 0.383 e. The number of hydrogen-bond donors (Lipinski definition) is 2. The van der Waals surface area contributed by atoms with E-state index in [0.717, 1.165) is 29.3 Å². The zero-order valence-corrected chi connectivity index (χ0v) is 11.6. The molecule has 5 nitrogen and oxygen atoms in total. The molecule has 1 atom stereocenters. The summed E-state index contributed by atoms with van der Waals surface area (Å²) >= 11 is 0. The summed E-state index contributed by atoms with van der Waals surface area (Å²) in [4.78, 5) is 4.34. The van der Waals surface area contributed by atoms with E-state index in [0.29, 0.717) is 12.6 Å². The molecule has 0 spiro atoms. The van der Waals surface area contributed by atoms with Crippen LogP contribution in [0.15, 0.2) is 24.3 Å². The molecule has 5 heteroatoms. The van der Waals surface area contributed by atoms with Crippen molar-refractivity contribution in [3.8, 4) is 11.4 Å². The van der Waals surface area contributed by atoms with Crippen molar-refractivity contribution in [1.82, 2.24) is 15.2 Å². The fourth-order valence-electron chi connectivity index (χ4n) is 1.92. The van der Waals surface area contributed by atoms with E-state index in [1.165, 1.54) is 0 Å². The molecule has 1 heterocycles. The van der Waals surface area contributed by atoms with Crippen molar-refractivity contribution in [2.45, 2.75) is 26.3 Å². The summed E-state index contributed by atoms with van der Waals surface area (Å²) in [5.41, 5.74) is 2.06. The second-order valence-corrected chi connectivity index (χ2v) is 4.53. The average molecular weight is 260 g/mol. The van der Waals surface area contributed by atoms with Crippen LogP contribution in [0.25, 0.3) is 11.4 Å². The third-order valence-corrected chi connectivity index (χ3v) is 2.95. The Hall–Kier alpha value is -1.88. The molecule has 19 heavy (non-hydrogen) atoms. The maximum atomic E-state index is 5.19. The van der Waals surface area contributed by atoms with E-state index in [-0.39, 0.29) is 0 Å². The minimum atomic E-state index is 0.314. The number of aromatic nitrogens is 3. The number of anilines is 1. The summed E-state index contributed by atoms with van der Waals surface area (Å²) in [6, 6.07) is 8.42. The third kappa shape index (κ3) is 3.54. The highest BCUT2D eigenvalue weighted by molar-refractivity contribution is 5.62. The molecule has 0 saturated heterocycles. The van der Waals surface area contributed by atoms with Gasteiger partial charge in [0.15, 0.2) is 5.82 Å². The maximum absolute atomic E-state index is 5.19. The monoisotopic (exact) mass is 260 g/mol. The van der Waals surface area contributed by atoms with Crippen molar-refractivity contribution < 1.29 is 4.74 Å². The Kier molecular flexibility index (Phi) is 4.52. The third-order valence-electron chi connectivity index (χ3n) is 2.95. The number of nitrogens with one attached hydrogen (secondary N) is 2. The van der Waals surface area contributed by atoms with E-state index in [1.807, 2.05) is 25.1 Å². The summed E-state index contributed by atoms with van der Waals surface area (Å²) in [6.45, 7) is 4.73.